The zero-order valence-electron chi connectivity index (χ0n) is 21.5. The summed E-state index contributed by atoms with van der Waals surface area (Å²) in [6.45, 7) is 5.96. The first-order chi connectivity index (χ1) is 19.4. The van der Waals surface area contributed by atoms with E-state index in [0.717, 1.165) is 15.6 Å². The third-order valence-electron chi connectivity index (χ3n) is 6.17. The Bertz CT molecular complexity index is 1790. The number of halogens is 2. The summed E-state index contributed by atoms with van der Waals surface area (Å²) in [6.07, 6.45) is 3.44. The number of rotatable bonds is 8. The molecule has 0 radical (unpaired) electrons. The van der Waals surface area contributed by atoms with Crippen molar-refractivity contribution in [2.24, 2.45) is 4.99 Å². The summed E-state index contributed by atoms with van der Waals surface area (Å²) in [7, 11) is 0. The zero-order valence-corrected chi connectivity index (χ0v) is 24.6. The minimum absolute atomic E-state index is 0.179. The van der Waals surface area contributed by atoms with Crippen molar-refractivity contribution >= 4 is 56.6 Å². The first-order valence-electron chi connectivity index (χ1n) is 12.5. The van der Waals surface area contributed by atoms with Crippen molar-refractivity contribution in [2.75, 3.05) is 13.2 Å². The highest BCUT2D eigenvalue weighted by atomic mass is 79.9. The lowest BCUT2D eigenvalue weighted by Crippen LogP contribution is -2.40. The van der Waals surface area contributed by atoms with E-state index in [2.05, 4.69) is 22.5 Å². The van der Waals surface area contributed by atoms with Gasteiger partial charge in [0.15, 0.2) is 4.80 Å². The van der Waals surface area contributed by atoms with E-state index >= 15 is 0 Å². The summed E-state index contributed by atoms with van der Waals surface area (Å²) in [5.41, 5.74) is 2.64. The Morgan fingerprint density at radius 1 is 1.15 bits per heavy atom. The van der Waals surface area contributed by atoms with E-state index in [4.69, 9.17) is 26.1 Å². The third kappa shape index (κ3) is 5.61. The molecule has 1 atom stereocenters. The largest absolute Gasteiger partial charge is 0.489 e. The SMILES string of the molecule is C=CCOc1ccc(Br)cc1/C=c1\sc2n(c1=O)[C@H](c1ccc(Cl)cc1)C(C(=O)OCC)=C(c1ccccc1)N=2. The van der Waals surface area contributed by atoms with Crippen LogP contribution >= 0.6 is 38.9 Å². The van der Waals surface area contributed by atoms with Gasteiger partial charge in [-0.1, -0.05) is 94.0 Å². The van der Waals surface area contributed by atoms with Gasteiger partial charge in [-0.05, 0) is 48.9 Å². The fourth-order valence-electron chi connectivity index (χ4n) is 4.45. The van der Waals surface area contributed by atoms with Crippen LogP contribution in [0.3, 0.4) is 0 Å². The molecule has 5 rings (SSSR count). The number of nitrogens with zero attached hydrogens (tertiary/aromatic N) is 2. The molecule has 6 nitrogen and oxygen atoms in total. The zero-order chi connectivity index (χ0) is 28.2. The smallest absolute Gasteiger partial charge is 0.338 e. The molecular formula is C31H24BrClN2O4S. The summed E-state index contributed by atoms with van der Waals surface area (Å²) in [5, 5.41) is 0.544. The van der Waals surface area contributed by atoms with Crippen LogP contribution in [0.25, 0.3) is 11.8 Å². The molecule has 2 heterocycles. The lowest BCUT2D eigenvalue weighted by molar-refractivity contribution is -0.138. The Labute approximate surface area is 248 Å². The van der Waals surface area contributed by atoms with Crippen molar-refractivity contribution in [2.45, 2.75) is 13.0 Å². The van der Waals surface area contributed by atoms with Crippen molar-refractivity contribution in [1.29, 1.82) is 0 Å². The van der Waals surface area contributed by atoms with Crippen LogP contribution in [-0.4, -0.2) is 23.8 Å². The highest BCUT2D eigenvalue weighted by Crippen LogP contribution is 2.35. The molecule has 3 aromatic carbocycles. The quantitative estimate of drug-likeness (QED) is 0.178. The van der Waals surface area contributed by atoms with E-state index in [1.807, 2.05) is 60.7 Å². The van der Waals surface area contributed by atoms with Crippen LogP contribution in [0.1, 0.15) is 29.7 Å². The Kier molecular flexibility index (Phi) is 8.49. The maximum Gasteiger partial charge on any atom is 0.338 e. The fourth-order valence-corrected chi connectivity index (χ4v) is 5.95. The minimum atomic E-state index is -0.774. The molecule has 1 aliphatic rings. The molecule has 9 heteroatoms. The van der Waals surface area contributed by atoms with Gasteiger partial charge in [0, 0.05) is 20.6 Å². The van der Waals surface area contributed by atoms with Gasteiger partial charge in [0.2, 0.25) is 0 Å². The van der Waals surface area contributed by atoms with Crippen molar-refractivity contribution < 1.29 is 14.3 Å². The predicted octanol–water partition coefficient (Wildman–Crippen LogP) is 5.92. The molecule has 202 valence electrons. The van der Waals surface area contributed by atoms with Gasteiger partial charge in [-0.25, -0.2) is 9.79 Å². The molecule has 40 heavy (non-hydrogen) atoms. The first-order valence-corrected chi connectivity index (χ1v) is 14.5. The van der Waals surface area contributed by atoms with Crippen LogP contribution in [0, 0.1) is 0 Å². The van der Waals surface area contributed by atoms with Gasteiger partial charge in [0.05, 0.1) is 28.5 Å². The number of fused-ring (bicyclic) bond motifs is 1. The molecule has 0 spiro atoms. The minimum Gasteiger partial charge on any atom is -0.489 e. The molecular weight excluding hydrogens is 612 g/mol. The maximum absolute atomic E-state index is 14.1. The number of esters is 1. The fraction of sp³-hybridized carbons (Fsp3) is 0.129. The van der Waals surface area contributed by atoms with Crippen LogP contribution in [0.2, 0.25) is 5.02 Å². The number of hydrogen-bond donors (Lipinski definition) is 0. The van der Waals surface area contributed by atoms with Crippen LogP contribution in [0.15, 0.2) is 105 Å². The molecule has 4 aromatic rings. The molecule has 0 amide bonds. The van der Waals surface area contributed by atoms with Gasteiger partial charge in [0.1, 0.15) is 12.4 Å². The molecule has 0 bridgehead atoms. The summed E-state index contributed by atoms with van der Waals surface area (Å²) in [4.78, 5) is 32.9. The molecule has 0 N–H and O–H groups in total. The Morgan fingerprint density at radius 3 is 2.60 bits per heavy atom. The highest BCUT2D eigenvalue weighted by molar-refractivity contribution is 9.10. The Balaban J connectivity index is 1.81. The average molecular weight is 636 g/mol. The molecule has 1 aromatic heterocycles. The highest BCUT2D eigenvalue weighted by Gasteiger charge is 2.35. The second-order valence-corrected chi connectivity index (χ2v) is 11.1. The number of carbonyl (C=O) groups is 1. The lowest BCUT2D eigenvalue weighted by Gasteiger charge is -2.25. The second-order valence-electron chi connectivity index (χ2n) is 8.76. The van der Waals surface area contributed by atoms with E-state index in [1.165, 1.54) is 11.3 Å². The standard InChI is InChI=1S/C31H24BrClN2O4S/c1-3-16-39-24-15-12-22(32)17-21(24)18-25-29(36)35-28(20-10-13-23(33)14-11-20)26(30(37)38-4-2)27(34-31(35)40-25)19-8-6-5-7-9-19/h3,5-15,17-18,28H,1,4,16H2,2H3/b25-18-/t28-/m1/s1. The van der Waals surface area contributed by atoms with Crippen molar-refractivity contribution in [3.63, 3.8) is 0 Å². The van der Waals surface area contributed by atoms with E-state index in [0.29, 0.717) is 38.0 Å². The summed E-state index contributed by atoms with van der Waals surface area (Å²) in [6, 6.07) is 21.3. The van der Waals surface area contributed by atoms with Gasteiger partial charge < -0.3 is 9.47 Å². The van der Waals surface area contributed by atoms with E-state index in [1.54, 1.807) is 35.8 Å². The van der Waals surface area contributed by atoms with Crippen molar-refractivity contribution in [3.05, 3.63) is 137 Å². The van der Waals surface area contributed by atoms with Gasteiger partial charge >= 0.3 is 5.97 Å². The van der Waals surface area contributed by atoms with Gasteiger partial charge in [-0.3, -0.25) is 9.36 Å². The van der Waals surface area contributed by atoms with Gasteiger partial charge in [0.25, 0.3) is 5.56 Å². The number of hydrogen-bond acceptors (Lipinski definition) is 6. The van der Waals surface area contributed by atoms with Crippen LogP contribution in [-0.2, 0) is 9.53 Å². The molecule has 0 fully saturated rings. The monoisotopic (exact) mass is 634 g/mol. The van der Waals surface area contributed by atoms with Gasteiger partial charge in [-0.15, -0.1) is 0 Å². The van der Waals surface area contributed by atoms with Gasteiger partial charge in [-0.2, -0.15) is 0 Å². The normalized spacial score (nSPS) is 14.9. The Hall–Kier alpha value is -3.72. The second kappa shape index (κ2) is 12.2. The number of ether oxygens (including phenoxy) is 2. The van der Waals surface area contributed by atoms with E-state index in [-0.39, 0.29) is 17.7 Å². The lowest BCUT2D eigenvalue weighted by atomic mass is 9.93. The number of benzene rings is 3. The average Bonchev–Trinajstić information content (AvgIpc) is 3.27. The molecule has 0 unspecified atom stereocenters. The molecule has 1 aliphatic heterocycles. The number of aromatic nitrogens is 1. The van der Waals surface area contributed by atoms with Crippen LogP contribution in [0.5, 0.6) is 5.75 Å². The van der Waals surface area contributed by atoms with Crippen LogP contribution < -0.4 is 19.6 Å². The molecule has 0 saturated heterocycles. The topological polar surface area (TPSA) is 69.9 Å². The van der Waals surface area contributed by atoms with E-state index in [9.17, 15) is 9.59 Å². The van der Waals surface area contributed by atoms with Crippen LogP contribution in [0.4, 0.5) is 0 Å². The number of thiazole rings is 1. The number of carbonyl (C=O) groups excluding carboxylic acids is 1. The summed E-state index contributed by atoms with van der Waals surface area (Å²) in [5.74, 6) is 0.0757. The van der Waals surface area contributed by atoms with E-state index < -0.39 is 12.0 Å². The summed E-state index contributed by atoms with van der Waals surface area (Å²) < 4.78 is 14.2. The Morgan fingerprint density at radius 2 is 1.90 bits per heavy atom. The third-order valence-corrected chi connectivity index (χ3v) is 7.90. The maximum atomic E-state index is 14.1. The molecule has 0 aliphatic carbocycles. The predicted molar refractivity (Wildman–Crippen MR) is 162 cm³/mol. The summed E-state index contributed by atoms with van der Waals surface area (Å²) >= 11 is 11.0. The van der Waals surface area contributed by atoms with Crippen molar-refractivity contribution in [1.82, 2.24) is 4.57 Å². The first kappa shape index (κ1) is 27.8. The molecule has 0 saturated carbocycles. The van der Waals surface area contributed by atoms with Crippen molar-refractivity contribution in [3.8, 4) is 5.75 Å².